The summed E-state index contributed by atoms with van der Waals surface area (Å²) in [5.74, 6) is 1.57. The standard InChI is InChI=1S/C13H25N5O/c1-4-14-6-5-13-15-12(16-19-13)9-11-10-17(2)7-8-18(11)3/h11,14H,4-10H2,1-3H3. The van der Waals surface area contributed by atoms with Gasteiger partial charge in [0, 0.05) is 45.1 Å². The van der Waals surface area contributed by atoms with Gasteiger partial charge in [-0.2, -0.15) is 4.98 Å². The first kappa shape index (κ1) is 14.4. The van der Waals surface area contributed by atoms with E-state index in [1.165, 1.54) is 0 Å². The van der Waals surface area contributed by atoms with Gasteiger partial charge in [0.1, 0.15) is 0 Å². The van der Waals surface area contributed by atoms with E-state index in [9.17, 15) is 0 Å². The minimum atomic E-state index is 0.484. The lowest BCUT2D eigenvalue weighted by Crippen LogP contribution is -2.50. The van der Waals surface area contributed by atoms with Crippen molar-refractivity contribution in [1.82, 2.24) is 25.3 Å². The molecule has 19 heavy (non-hydrogen) atoms. The van der Waals surface area contributed by atoms with Crippen molar-refractivity contribution >= 4 is 0 Å². The van der Waals surface area contributed by atoms with Crippen LogP contribution in [0.3, 0.4) is 0 Å². The highest BCUT2D eigenvalue weighted by atomic mass is 16.5. The number of hydrogen-bond donors (Lipinski definition) is 1. The molecule has 1 atom stereocenters. The van der Waals surface area contributed by atoms with Crippen LogP contribution in [0, 0.1) is 0 Å². The van der Waals surface area contributed by atoms with E-state index in [0.717, 1.165) is 57.3 Å². The Kier molecular flexibility index (Phi) is 5.30. The third-order valence-corrected chi connectivity index (χ3v) is 3.67. The van der Waals surface area contributed by atoms with E-state index in [2.05, 4.69) is 46.3 Å². The van der Waals surface area contributed by atoms with Gasteiger partial charge in [0.25, 0.3) is 0 Å². The zero-order chi connectivity index (χ0) is 13.7. The monoisotopic (exact) mass is 267 g/mol. The van der Waals surface area contributed by atoms with Crippen molar-refractivity contribution in [3.8, 4) is 0 Å². The molecule has 0 aliphatic carbocycles. The summed E-state index contributed by atoms with van der Waals surface area (Å²) in [6.45, 7) is 7.26. The lowest BCUT2D eigenvalue weighted by atomic mass is 10.1. The summed E-state index contributed by atoms with van der Waals surface area (Å²) in [7, 11) is 4.34. The van der Waals surface area contributed by atoms with Crippen molar-refractivity contribution in [2.75, 3.05) is 46.8 Å². The lowest BCUT2D eigenvalue weighted by Gasteiger charge is -2.37. The summed E-state index contributed by atoms with van der Waals surface area (Å²) in [4.78, 5) is 9.21. The number of piperazine rings is 1. The SMILES string of the molecule is CCNCCc1nc(CC2CN(C)CCN2C)no1. The Labute approximate surface area is 115 Å². The maximum atomic E-state index is 5.28. The average Bonchev–Trinajstić information content (AvgIpc) is 2.82. The molecular weight excluding hydrogens is 242 g/mol. The summed E-state index contributed by atoms with van der Waals surface area (Å²) in [6.07, 6.45) is 1.67. The summed E-state index contributed by atoms with van der Waals surface area (Å²) in [6, 6.07) is 0.484. The van der Waals surface area contributed by atoms with Gasteiger partial charge in [0.2, 0.25) is 5.89 Å². The van der Waals surface area contributed by atoms with Crippen LogP contribution < -0.4 is 5.32 Å². The molecule has 0 saturated carbocycles. The van der Waals surface area contributed by atoms with Gasteiger partial charge in [0.05, 0.1) is 0 Å². The molecule has 0 bridgehead atoms. The summed E-state index contributed by atoms with van der Waals surface area (Å²) in [5.41, 5.74) is 0. The molecule has 6 heteroatoms. The molecule has 1 N–H and O–H groups in total. The minimum Gasteiger partial charge on any atom is -0.339 e. The second-order valence-corrected chi connectivity index (χ2v) is 5.31. The second kappa shape index (κ2) is 6.98. The molecule has 108 valence electrons. The van der Waals surface area contributed by atoms with E-state index in [1.807, 2.05) is 0 Å². The largest absolute Gasteiger partial charge is 0.339 e. The molecular formula is C13H25N5O. The van der Waals surface area contributed by atoms with E-state index in [-0.39, 0.29) is 0 Å². The molecule has 2 heterocycles. The molecule has 1 aromatic rings. The fraction of sp³-hybridized carbons (Fsp3) is 0.846. The number of hydrogen-bond acceptors (Lipinski definition) is 6. The van der Waals surface area contributed by atoms with Crippen LogP contribution in [0.1, 0.15) is 18.6 Å². The molecule has 0 amide bonds. The van der Waals surface area contributed by atoms with Gasteiger partial charge in [-0.05, 0) is 20.6 Å². The Morgan fingerprint density at radius 3 is 3.00 bits per heavy atom. The fourth-order valence-electron chi connectivity index (χ4n) is 2.38. The highest BCUT2D eigenvalue weighted by Gasteiger charge is 2.24. The van der Waals surface area contributed by atoms with Crippen molar-refractivity contribution in [3.05, 3.63) is 11.7 Å². The molecule has 1 unspecified atom stereocenters. The molecule has 1 saturated heterocycles. The van der Waals surface area contributed by atoms with Crippen LogP contribution in [-0.2, 0) is 12.8 Å². The van der Waals surface area contributed by atoms with Crippen molar-refractivity contribution in [2.24, 2.45) is 0 Å². The predicted octanol–water partition coefficient (Wildman–Crippen LogP) is 0.00990. The molecule has 6 nitrogen and oxygen atoms in total. The van der Waals surface area contributed by atoms with Gasteiger partial charge < -0.3 is 19.6 Å². The number of rotatable bonds is 6. The molecule has 0 radical (unpaired) electrons. The first-order valence-corrected chi connectivity index (χ1v) is 7.10. The minimum absolute atomic E-state index is 0.484. The van der Waals surface area contributed by atoms with Crippen LogP contribution >= 0.6 is 0 Å². The van der Waals surface area contributed by atoms with Gasteiger partial charge in [-0.15, -0.1) is 0 Å². The zero-order valence-electron chi connectivity index (χ0n) is 12.2. The Morgan fingerprint density at radius 2 is 2.21 bits per heavy atom. The van der Waals surface area contributed by atoms with Crippen molar-refractivity contribution in [1.29, 1.82) is 0 Å². The van der Waals surface area contributed by atoms with Crippen molar-refractivity contribution in [2.45, 2.75) is 25.8 Å². The molecule has 2 rings (SSSR count). The third kappa shape index (κ3) is 4.26. The Bertz CT molecular complexity index is 381. The Morgan fingerprint density at radius 1 is 1.37 bits per heavy atom. The fourth-order valence-corrected chi connectivity index (χ4v) is 2.38. The summed E-state index contributed by atoms with van der Waals surface area (Å²) < 4.78 is 5.28. The Hall–Kier alpha value is -0.980. The number of likely N-dealkylation sites (N-methyl/N-ethyl adjacent to an activating group) is 3. The van der Waals surface area contributed by atoms with Crippen LogP contribution in [0.25, 0.3) is 0 Å². The highest BCUT2D eigenvalue weighted by Crippen LogP contribution is 2.11. The van der Waals surface area contributed by atoms with Crippen LogP contribution in [0.15, 0.2) is 4.52 Å². The molecule has 0 aromatic carbocycles. The topological polar surface area (TPSA) is 57.4 Å². The third-order valence-electron chi connectivity index (χ3n) is 3.67. The van der Waals surface area contributed by atoms with Gasteiger partial charge >= 0.3 is 0 Å². The molecule has 1 aromatic heterocycles. The van der Waals surface area contributed by atoms with E-state index in [0.29, 0.717) is 6.04 Å². The van der Waals surface area contributed by atoms with Gasteiger partial charge in [-0.1, -0.05) is 12.1 Å². The number of nitrogens with one attached hydrogen (secondary N) is 1. The second-order valence-electron chi connectivity index (χ2n) is 5.31. The van der Waals surface area contributed by atoms with E-state index in [1.54, 1.807) is 0 Å². The molecule has 1 aliphatic rings. The Balaban J connectivity index is 1.84. The van der Waals surface area contributed by atoms with Gasteiger partial charge in [-0.3, -0.25) is 0 Å². The van der Waals surface area contributed by atoms with Gasteiger partial charge in [-0.25, -0.2) is 0 Å². The van der Waals surface area contributed by atoms with E-state index in [4.69, 9.17) is 4.52 Å². The number of nitrogens with zero attached hydrogens (tertiary/aromatic N) is 4. The van der Waals surface area contributed by atoms with Crippen LogP contribution in [-0.4, -0.2) is 72.8 Å². The quantitative estimate of drug-likeness (QED) is 0.733. The first-order valence-electron chi connectivity index (χ1n) is 7.10. The summed E-state index contributed by atoms with van der Waals surface area (Å²) in [5, 5.41) is 7.35. The van der Waals surface area contributed by atoms with Gasteiger partial charge in [0.15, 0.2) is 5.82 Å². The zero-order valence-corrected chi connectivity index (χ0v) is 12.2. The summed E-state index contributed by atoms with van der Waals surface area (Å²) >= 11 is 0. The predicted molar refractivity (Wildman–Crippen MR) is 74.2 cm³/mol. The van der Waals surface area contributed by atoms with Crippen molar-refractivity contribution < 1.29 is 4.52 Å². The smallest absolute Gasteiger partial charge is 0.227 e. The van der Waals surface area contributed by atoms with Crippen LogP contribution in [0.5, 0.6) is 0 Å². The molecule has 1 aliphatic heterocycles. The van der Waals surface area contributed by atoms with Crippen LogP contribution in [0.4, 0.5) is 0 Å². The molecule has 1 fully saturated rings. The normalized spacial score (nSPS) is 21.9. The van der Waals surface area contributed by atoms with E-state index < -0.39 is 0 Å². The van der Waals surface area contributed by atoms with Crippen molar-refractivity contribution in [3.63, 3.8) is 0 Å². The first-order chi connectivity index (χ1) is 9.19. The number of aromatic nitrogens is 2. The maximum Gasteiger partial charge on any atom is 0.227 e. The van der Waals surface area contributed by atoms with Crippen LogP contribution in [0.2, 0.25) is 0 Å². The highest BCUT2D eigenvalue weighted by molar-refractivity contribution is 4.93. The lowest BCUT2D eigenvalue weighted by molar-refractivity contribution is 0.113. The maximum absolute atomic E-state index is 5.28. The molecule has 0 spiro atoms. The van der Waals surface area contributed by atoms with E-state index >= 15 is 0 Å². The average molecular weight is 267 g/mol.